The van der Waals surface area contributed by atoms with Gasteiger partial charge in [0.15, 0.2) is 0 Å². The van der Waals surface area contributed by atoms with Crippen molar-refractivity contribution in [3.05, 3.63) is 60.9 Å². The zero-order valence-electron chi connectivity index (χ0n) is 16.9. The Hall–Kier alpha value is -2.82. The lowest BCUT2D eigenvalue weighted by molar-refractivity contribution is 0.120. The van der Waals surface area contributed by atoms with E-state index in [0.29, 0.717) is 6.61 Å². The van der Waals surface area contributed by atoms with Gasteiger partial charge in [-0.25, -0.2) is 0 Å². The third-order valence-electron chi connectivity index (χ3n) is 4.02. The largest absolute Gasteiger partial charge is 0.502 e. The molecule has 0 amide bonds. The van der Waals surface area contributed by atoms with Gasteiger partial charge in [-0.05, 0) is 74.2 Å². The molecule has 0 bridgehead atoms. The van der Waals surface area contributed by atoms with Crippen LogP contribution in [0.2, 0.25) is 0 Å². The summed E-state index contributed by atoms with van der Waals surface area (Å²) in [5.74, 6) is 2.36. The first kappa shape index (κ1) is 21.5. The van der Waals surface area contributed by atoms with Crippen molar-refractivity contribution < 1.29 is 18.9 Å². The standard InChI is InChI=1S/C23H31NO4/c1-3-4-16-25-17-6-5-7-18-26-21-12-14-23(15-13-21)28-19-27-22-10-8-20(24-2)9-11-22/h4,8-16,24H,3,5-7,17-19H2,1-2H3/b16-4+. The first-order valence-corrected chi connectivity index (χ1v) is 9.84. The van der Waals surface area contributed by atoms with Crippen LogP contribution in [0.3, 0.4) is 0 Å². The van der Waals surface area contributed by atoms with Crippen molar-refractivity contribution in [2.45, 2.75) is 32.6 Å². The Balaban J connectivity index is 1.56. The van der Waals surface area contributed by atoms with Gasteiger partial charge in [0.05, 0.1) is 19.5 Å². The van der Waals surface area contributed by atoms with E-state index in [1.165, 1.54) is 0 Å². The van der Waals surface area contributed by atoms with E-state index in [4.69, 9.17) is 18.9 Å². The van der Waals surface area contributed by atoms with Crippen molar-refractivity contribution in [3.8, 4) is 17.2 Å². The molecule has 28 heavy (non-hydrogen) atoms. The predicted molar refractivity (Wildman–Crippen MR) is 113 cm³/mol. The molecule has 2 rings (SSSR count). The molecule has 0 aliphatic carbocycles. The molecule has 0 heterocycles. The van der Waals surface area contributed by atoms with Gasteiger partial charge in [-0.1, -0.05) is 13.0 Å². The minimum absolute atomic E-state index is 0.161. The molecule has 0 unspecified atom stereocenters. The highest BCUT2D eigenvalue weighted by molar-refractivity contribution is 5.45. The monoisotopic (exact) mass is 385 g/mol. The third kappa shape index (κ3) is 8.71. The molecule has 1 N–H and O–H groups in total. The molecule has 5 heteroatoms. The van der Waals surface area contributed by atoms with Crippen molar-refractivity contribution in [1.82, 2.24) is 0 Å². The number of unbranched alkanes of at least 4 members (excludes halogenated alkanes) is 2. The number of anilines is 1. The Morgan fingerprint density at radius 2 is 1.32 bits per heavy atom. The first-order chi connectivity index (χ1) is 13.8. The lowest BCUT2D eigenvalue weighted by Crippen LogP contribution is -2.05. The van der Waals surface area contributed by atoms with E-state index in [-0.39, 0.29) is 6.79 Å². The molecule has 0 aliphatic rings. The number of rotatable bonds is 14. The van der Waals surface area contributed by atoms with E-state index >= 15 is 0 Å². The lowest BCUT2D eigenvalue weighted by atomic mass is 10.2. The molecular weight excluding hydrogens is 354 g/mol. The van der Waals surface area contributed by atoms with Gasteiger partial charge in [-0.3, -0.25) is 0 Å². The number of ether oxygens (including phenoxy) is 4. The zero-order valence-corrected chi connectivity index (χ0v) is 16.9. The van der Waals surface area contributed by atoms with Gasteiger partial charge in [-0.2, -0.15) is 0 Å². The van der Waals surface area contributed by atoms with Gasteiger partial charge in [-0.15, -0.1) is 0 Å². The summed E-state index contributed by atoms with van der Waals surface area (Å²) in [5.41, 5.74) is 1.04. The highest BCUT2D eigenvalue weighted by atomic mass is 16.7. The fourth-order valence-corrected chi connectivity index (χ4v) is 2.40. The van der Waals surface area contributed by atoms with Crippen LogP contribution >= 0.6 is 0 Å². The Morgan fingerprint density at radius 1 is 0.750 bits per heavy atom. The van der Waals surface area contributed by atoms with Crippen LogP contribution in [0.15, 0.2) is 60.9 Å². The molecule has 0 saturated heterocycles. The average molecular weight is 386 g/mol. The van der Waals surface area contributed by atoms with Gasteiger partial charge in [0.1, 0.15) is 17.2 Å². The van der Waals surface area contributed by atoms with Crippen LogP contribution in [0.1, 0.15) is 32.6 Å². The number of hydrogen-bond donors (Lipinski definition) is 1. The predicted octanol–water partition coefficient (Wildman–Crippen LogP) is 5.63. The number of hydrogen-bond acceptors (Lipinski definition) is 5. The summed E-state index contributed by atoms with van der Waals surface area (Å²) in [5, 5.41) is 3.07. The summed E-state index contributed by atoms with van der Waals surface area (Å²) >= 11 is 0. The van der Waals surface area contributed by atoms with Gasteiger partial charge in [0.2, 0.25) is 6.79 Å². The molecule has 152 valence electrons. The van der Waals surface area contributed by atoms with Crippen LogP contribution in [0, 0.1) is 0 Å². The minimum atomic E-state index is 0.161. The molecule has 0 aliphatic heterocycles. The summed E-state index contributed by atoms with van der Waals surface area (Å²) in [7, 11) is 1.88. The molecule has 0 atom stereocenters. The molecular formula is C23H31NO4. The fourth-order valence-electron chi connectivity index (χ4n) is 2.40. The molecule has 2 aromatic carbocycles. The van der Waals surface area contributed by atoms with Crippen LogP contribution < -0.4 is 19.5 Å². The van der Waals surface area contributed by atoms with Crippen LogP contribution in [-0.2, 0) is 4.74 Å². The Morgan fingerprint density at radius 3 is 1.93 bits per heavy atom. The smallest absolute Gasteiger partial charge is 0.230 e. The number of nitrogens with one attached hydrogen (secondary N) is 1. The second-order valence-electron chi connectivity index (χ2n) is 6.21. The van der Waals surface area contributed by atoms with Crippen molar-refractivity contribution >= 4 is 5.69 Å². The van der Waals surface area contributed by atoms with E-state index in [2.05, 4.69) is 12.2 Å². The Kier molecular flexibility index (Phi) is 10.3. The molecule has 2 aromatic rings. The first-order valence-electron chi connectivity index (χ1n) is 9.84. The highest BCUT2D eigenvalue weighted by Crippen LogP contribution is 2.19. The minimum Gasteiger partial charge on any atom is -0.502 e. The number of allylic oxidation sites excluding steroid dienone is 1. The van der Waals surface area contributed by atoms with Gasteiger partial charge >= 0.3 is 0 Å². The van der Waals surface area contributed by atoms with Gasteiger partial charge in [0.25, 0.3) is 0 Å². The molecule has 0 radical (unpaired) electrons. The van der Waals surface area contributed by atoms with E-state index in [1.54, 1.807) is 6.26 Å². The van der Waals surface area contributed by atoms with E-state index < -0.39 is 0 Å². The van der Waals surface area contributed by atoms with Crippen molar-refractivity contribution in [2.24, 2.45) is 0 Å². The third-order valence-corrected chi connectivity index (χ3v) is 4.02. The summed E-state index contributed by atoms with van der Waals surface area (Å²) in [6.45, 7) is 3.73. The van der Waals surface area contributed by atoms with Gasteiger partial charge < -0.3 is 24.3 Å². The number of benzene rings is 2. The lowest BCUT2D eigenvalue weighted by Gasteiger charge is -2.10. The van der Waals surface area contributed by atoms with Crippen LogP contribution in [0.4, 0.5) is 5.69 Å². The molecule has 0 saturated carbocycles. The topological polar surface area (TPSA) is 49.0 Å². The molecule has 0 fully saturated rings. The summed E-state index contributed by atoms with van der Waals surface area (Å²) in [6.07, 6.45) is 7.96. The van der Waals surface area contributed by atoms with Crippen molar-refractivity contribution in [3.63, 3.8) is 0 Å². The van der Waals surface area contributed by atoms with E-state index in [9.17, 15) is 0 Å². The maximum Gasteiger partial charge on any atom is 0.230 e. The maximum absolute atomic E-state index is 5.75. The fraction of sp³-hybridized carbons (Fsp3) is 0.391. The summed E-state index contributed by atoms with van der Waals surface area (Å²) in [4.78, 5) is 0. The van der Waals surface area contributed by atoms with Crippen LogP contribution in [0.25, 0.3) is 0 Å². The zero-order chi connectivity index (χ0) is 19.9. The summed E-state index contributed by atoms with van der Waals surface area (Å²) in [6, 6.07) is 15.3. The molecule has 0 aromatic heterocycles. The molecule has 0 spiro atoms. The molecule has 5 nitrogen and oxygen atoms in total. The summed E-state index contributed by atoms with van der Waals surface area (Å²) < 4.78 is 22.3. The highest BCUT2D eigenvalue weighted by Gasteiger charge is 1.99. The van der Waals surface area contributed by atoms with E-state index in [1.807, 2.05) is 61.7 Å². The second kappa shape index (κ2) is 13.4. The van der Waals surface area contributed by atoms with Crippen LogP contribution in [0.5, 0.6) is 17.2 Å². The van der Waals surface area contributed by atoms with Crippen molar-refractivity contribution in [2.75, 3.05) is 32.4 Å². The normalized spacial score (nSPS) is 10.6. The van der Waals surface area contributed by atoms with E-state index in [0.717, 1.165) is 55.2 Å². The second-order valence-corrected chi connectivity index (χ2v) is 6.21. The van der Waals surface area contributed by atoms with Crippen LogP contribution in [-0.4, -0.2) is 27.1 Å². The maximum atomic E-state index is 5.75. The van der Waals surface area contributed by atoms with Crippen molar-refractivity contribution in [1.29, 1.82) is 0 Å². The quantitative estimate of drug-likeness (QED) is 0.259. The SMILES string of the molecule is CC/C=C/OCCCCCOc1ccc(OCOc2ccc(NC)cc2)cc1. The Labute approximate surface area is 168 Å². The van der Waals surface area contributed by atoms with Gasteiger partial charge in [0, 0.05) is 12.7 Å². The Bertz CT molecular complexity index is 668. The average Bonchev–Trinajstić information content (AvgIpc) is 2.74.